The second kappa shape index (κ2) is 7.89. The Morgan fingerprint density at radius 1 is 0.625 bits per heavy atom. The van der Waals surface area contributed by atoms with E-state index in [0.29, 0.717) is 0 Å². The first-order valence-electron chi connectivity index (χ1n) is 6.66. The molecule has 12 nitrogen and oxygen atoms in total. The molecule has 12 heteroatoms. The first-order chi connectivity index (χ1) is 11.1. The molecule has 0 saturated carbocycles. The number of amides is 3. The second-order valence-electron chi connectivity index (χ2n) is 4.99. The molecule has 0 aromatic heterocycles. The maximum atomic E-state index is 11.7. The number of carboxylic acids is 3. The van der Waals surface area contributed by atoms with Crippen LogP contribution in [-0.2, 0) is 28.8 Å². The topological polar surface area (TPSA) is 199 Å². The van der Waals surface area contributed by atoms with Crippen LogP contribution in [0.5, 0.6) is 0 Å². The number of nitrogens with one attached hydrogen (secondary N) is 3. The summed E-state index contributed by atoms with van der Waals surface area (Å²) in [4.78, 5) is 68.2. The Morgan fingerprint density at radius 2 is 0.833 bits per heavy atom. The van der Waals surface area contributed by atoms with E-state index in [1.54, 1.807) is 0 Å². The predicted octanol–water partition coefficient (Wildman–Crippen LogP) is -3.12. The van der Waals surface area contributed by atoms with Gasteiger partial charge in [-0.05, 0) is 0 Å². The number of carboxylic acid groups (broad SMARTS) is 3. The van der Waals surface area contributed by atoms with Crippen molar-refractivity contribution in [2.24, 2.45) is 0 Å². The highest BCUT2D eigenvalue weighted by Gasteiger charge is 2.32. The number of carbonyl (C=O) groups excluding carboxylic acids is 3. The van der Waals surface area contributed by atoms with Crippen molar-refractivity contribution in [3.63, 3.8) is 0 Å². The molecule has 1 saturated heterocycles. The van der Waals surface area contributed by atoms with Crippen LogP contribution in [0.1, 0.15) is 19.3 Å². The zero-order valence-electron chi connectivity index (χ0n) is 12.1. The maximum Gasteiger partial charge on any atom is 0.326 e. The molecule has 132 valence electrons. The van der Waals surface area contributed by atoms with E-state index in [1.165, 1.54) is 0 Å². The van der Waals surface area contributed by atoms with Gasteiger partial charge >= 0.3 is 17.9 Å². The van der Waals surface area contributed by atoms with Crippen molar-refractivity contribution < 1.29 is 44.1 Å². The third kappa shape index (κ3) is 5.55. The SMILES string of the molecule is O=C1CC(C(=O)O)NC(=O)CC(C(=O)O)NC(=O)CC(C(=O)O)N1. The minimum absolute atomic E-state index is 0.774. The Kier molecular flexibility index (Phi) is 6.21. The fraction of sp³-hybridized carbons (Fsp3) is 0.500. The van der Waals surface area contributed by atoms with Gasteiger partial charge in [0.2, 0.25) is 17.7 Å². The largest absolute Gasteiger partial charge is 0.480 e. The van der Waals surface area contributed by atoms with Crippen molar-refractivity contribution in [3.05, 3.63) is 0 Å². The summed E-state index contributed by atoms with van der Waals surface area (Å²) >= 11 is 0. The number of aliphatic carboxylic acids is 3. The van der Waals surface area contributed by atoms with Gasteiger partial charge in [-0.25, -0.2) is 14.4 Å². The molecule has 0 spiro atoms. The molecule has 0 aliphatic carbocycles. The number of hydrogen-bond acceptors (Lipinski definition) is 6. The van der Waals surface area contributed by atoms with Crippen LogP contribution >= 0.6 is 0 Å². The average molecular weight is 345 g/mol. The summed E-state index contributed by atoms with van der Waals surface area (Å²) in [7, 11) is 0. The molecule has 1 aliphatic heterocycles. The standard InChI is InChI=1S/C12H15N3O9/c16-7-1-4(10(19)20)13-8(17)3-6(12(23)24)15-9(18)2-5(14-7)11(21)22/h4-6H,1-3H2,(H,13,17)(H,14,16)(H,15,18)(H,19,20)(H,21,22)(H,23,24). The molecule has 3 amide bonds. The molecule has 3 unspecified atom stereocenters. The second-order valence-corrected chi connectivity index (χ2v) is 4.99. The highest BCUT2D eigenvalue weighted by atomic mass is 16.4. The molecule has 0 aromatic carbocycles. The summed E-state index contributed by atoms with van der Waals surface area (Å²) in [5, 5.41) is 32.8. The Bertz CT molecular complexity index is 483. The van der Waals surface area contributed by atoms with Crippen molar-refractivity contribution >= 4 is 35.6 Å². The van der Waals surface area contributed by atoms with E-state index in [-0.39, 0.29) is 0 Å². The van der Waals surface area contributed by atoms with Gasteiger partial charge in [-0.1, -0.05) is 0 Å². The first-order valence-corrected chi connectivity index (χ1v) is 6.66. The summed E-state index contributed by atoms with van der Waals surface area (Å²) in [5.74, 6) is -7.68. The molecule has 3 atom stereocenters. The van der Waals surface area contributed by atoms with E-state index in [9.17, 15) is 28.8 Å². The van der Waals surface area contributed by atoms with Crippen LogP contribution in [0.4, 0.5) is 0 Å². The fourth-order valence-corrected chi connectivity index (χ4v) is 1.92. The van der Waals surface area contributed by atoms with Crippen molar-refractivity contribution in [1.82, 2.24) is 16.0 Å². The first kappa shape index (κ1) is 18.9. The van der Waals surface area contributed by atoms with Crippen molar-refractivity contribution in [3.8, 4) is 0 Å². The molecule has 0 bridgehead atoms. The number of rotatable bonds is 3. The Balaban J connectivity index is 3.07. The minimum Gasteiger partial charge on any atom is -0.480 e. The van der Waals surface area contributed by atoms with Crippen LogP contribution < -0.4 is 16.0 Å². The summed E-state index contributed by atoms with van der Waals surface area (Å²) < 4.78 is 0. The zero-order chi connectivity index (χ0) is 18.4. The molecule has 0 radical (unpaired) electrons. The zero-order valence-corrected chi connectivity index (χ0v) is 12.1. The normalized spacial score (nSPS) is 26.0. The van der Waals surface area contributed by atoms with Crippen molar-refractivity contribution in [1.29, 1.82) is 0 Å². The molecule has 6 N–H and O–H groups in total. The van der Waals surface area contributed by atoms with E-state index < -0.39 is 73.0 Å². The van der Waals surface area contributed by atoms with Gasteiger partial charge in [0.1, 0.15) is 18.1 Å². The predicted molar refractivity (Wildman–Crippen MR) is 72.6 cm³/mol. The van der Waals surface area contributed by atoms with Gasteiger partial charge in [0, 0.05) is 0 Å². The quantitative estimate of drug-likeness (QED) is 0.306. The van der Waals surface area contributed by atoms with E-state index in [0.717, 1.165) is 0 Å². The van der Waals surface area contributed by atoms with Gasteiger partial charge < -0.3 is 31.3 Å². The van der Waals surface area contributed by atoms with Gasteiger partial charge in [0.05, 0.1) is 19.3 Å². The Hall–Kier alpha value is -3.18. The van der Waals surface area contributed by atoms with Gasteiger partial charge in [-0.3, -0.25) is 14.4 Å². The van der Waals surface area contributed by atoms with Gasteiger partial charge in [-0.15, -0.1) is 0 Å². The van der Waals surface area contributed by atoms with Crippen LogP contribution in [0.2, 0.25) is 0 Å². The lowest BCUT2D eigenvalue weighted by Crippen LogP contribution is -2.53. The van der Waals surface area contributed by atoms with Crippen LogP contribution in [-0.4, -0.2) is 69.1 Å². The van der Waals surface area contributed by atoms with Crippen LogP contribution in [0.25, 0.3) is 0 Å². The molecule has 24 heavy (non-hydrogen) atoms. The summed E-state index contributed by atoms with van der Waals surface area (Å²) in [5.41, 5.74) is 0. The summed E-state index contributed by atoms with van der Waals surface area (Å²) in [6.45, 7) is 0. The minimum atomic E-state index is -1.67. The van der Waals surface area contributed by atoms with Crippen LogP contribution in [0, 0.1) is 0 Å². The third-order valence-electron chi connectivity index (χ3n) is 3.07. The van der Waals surface area contributed by atoms with Gasteiger partial charge in [0.15, 0.2) is 0 Å². The highest BCUT2D eigenvalue weighted by molar-refractivity contribution is 5.95. The lowest BCUT2D eigenvalue weighted by molar-refractivity contribution is -0.147. The molecule has 0 aromatic rings. The average Bonchev–Trinajstić information content (AvgIpc) is 2.43. The third-order valence-corrected chi connectivity index (χ3v) is 3.07. The number of hydrogen-bond donors (Lipinski definition) is 6. The molecule has 1 rings (SSSR count). The molecular formula is C12H15N3O9. The van der Waals surface area contributed by atoms with Gasteiger partial charge in [0.25, 0.3) is 0 Å². The van der Waals surface area contributed by atoms with E-state index in [2.05, 4.69) is 0 Å². The van der Waals surface area contributed by atoms with Crippen molar-refractivity contribution in [2.75, 3.05) is 0 Å². The number of carbonyl (C=O) groups is 6. The van der Waals surface area contributed by atoms with Gasteiger partial charge in [-0.2, -0.15) is 0 Å². The molecule has 1 fully saturated rings. The van der Waals surface area contributed by atoms with Crippen LogP contribution in [0.3, 0.4) is 0 Å². The van der Waals surface area contributed by atoms with E-state index >= 15 is 0 Å². The summed E-state index contributed by atoms with van der Waals surface area (Å²) in [6.07, 6.45) is -2.32. The summed E-state index contributed by atoms with van der Waals surface area (Å²) in [6, 6.07) is -5.01. The lowest BCUT2D eigenvalue weighted by Gasteiger charge is -2.21. The lowest BCUT2D eigenvalue weighted by atomic mass is 10.1. The highest BCUT2D eigenvalue weighted by Crippen LogP contribution is 2.03. The monoisotopic (exact) mass is 345 g/mol. The Labute approximate surface area is 134 Å². The fourth-order valence-electron chi connectivity index (χ4n) is 1.92. The maximum absolute atomic E-state index is 11.7. The van der Waals surface area contributed by atoms with Crippen LogP contribution in [0.15, 0.2) is 0 Å². The van der Waals surface area contributed by atoms with E-state index in [1.807, 2.05) is 16.0 Å². The van der Waals surface area contributed by atoms with E-state index in [4.69, 9.17) is 15.3 Å². The smallest absolute Gasteiger partial charge is 0.326 e. The molecule has 1 heterocycles. The molecule has 1 aliphatic rings. The molecular weight excluding hydrogens is 330 g/mol. The van der Waals surface area contributed by atoms with Crippen molar-refractivity contribution in [2.45, 2.75) is 37.4 Å². The Morgan fingerprint density at radius 3 is 1.00 bits per heavy atom.